The van der Waals surface area contributed by atoms with E-state index >= 15 is 0 Å². The summed E-state index contributed by atoms with van der Waals surface area (Å²) in [7, 11) is 0. The molecular weight excluding hydrogens is 374 g/mol. The van der Waals surface area contributed by atoms with Crippen molar-refractivity contribution in [2.24, 2.45) is 46.8 Å². The van der Waals surface area contributed by atoms with Crippen LogP contribution in [-0.4, -0.2) is 57.2 Å². The Labute approximate surface area is 182 Å². The molecule has 4 aliphatic carbocycles. The normalized spacial score (nSPS) is 60.7. The molecule has 0 radical (unpaired) electrons. The van der Waals surface area contributed by atoms with Gasteiger partial charge >= 0.3 is 0 Å². The monoisotopic (exact) mass is 417 g/mol. The molecule has 2 aliphatic heterocycles. The number of hydrogen-bond donors (Lipinski definition) is 3. The van der Waals surface area contributed by atoms with Gasteiger partial charge in [-0.15, -0.1) is 0 Å². The Morgan fingerprint density at radius 3 is 2.50 bits per heavy atom. The molecule has 0 bridgehead atoms. The van der Waals surface area contributed by atoms with Crippen LogP contribution in [0, 0.1) is 46.8 Å². The second-order valence-corrected chi connectivity index (χ2v) is 12.7. The van der Waals surface area contributed by atoms with Gasteiger partial charge in [-0.2, -0.15) is 0 Å². The minimum atomic E-state index is -0.570. The van der Waals surface area contributed by atoms with Gasteiger partial charge in [0.15, 0.2) is 0 Å². The van der Waals surface area contributed by atoms with Crippen molar-refractivity contribution in [2.75, 3.05) is 13.1 Å². The summed E-state index contributed by atoms with van der Waals surface area (Å²) in [6.45, 7) is 7.36. The standard InChI is InChI=1S/C26H43NO3/c1-15-17-7-9-26(30)19(18(17)14-27-10-4-3-5-23(15)27)12-20-21(26)13-24(29)22-11-16(28)6-8-25(20,22)2/h15-24,28-30H,3-14H2,1-2H3/t15-,16+,17-,18-,19+,20+,21-,22-,23+,24+,25-,26+/m1/s1. The molecule has 0 aromatic rings. The van der Waals surface area contributed by atoms with Gasteiger partial charge in [-0.05, 0) is 111 Å². The lowest BCUT2D eigenvalue weighted by molar-refractivity contribution is -0.175. The average Bonchev–Trinajstić information content (AvgIpc) is 3.03. The molecule has 30 heavy (non-hydrogen) atoms. The smallest absolute Gasteiger partial charge is 0.0711 e. The number of rotatable bonds is 0. The van der Waals surface area contributed by atoms with Crippen molar-refractivity contribution in [1.82, 2.24) is 4.90 Å². The van der Waals surface area contributed by atoms with Crippen LogP contribution in [0.4, 0.5) is 0 Å². The van der Waals surface area contributed by atoms with E-state index in [1.807, 2.05) is 0 Å². The molecule has 12 atom stereocenters. The molecule has 170 valence electrons. The predicted molar refractivity (Wildman–Crippen MR) is 117 cm³/mol. The number of hydrogen-bond acceptors (Lipinski definition) is 4. The molecule has 6 rings (SSSR count). The Morgan fingerprint density at radius 2 is 1.67 bits per heavy atom. The molecule has 0 unspecified atom stereocenters. The highest BCUT2D eigenvalue weighted by atomic mass is 16.3. The van der Waals surface area contributed by atoms with Gasteiger partial charge in [0.25, 0.3) is 0 Å². The number of nitrogens with zero attached hydrogens (tertiary/aromatic N) is 1. The van der Waals surface area contributed by atoms with Gasteiger partial charge in [0.05, 0.1) is 17.8 Å². The summed E-state index contributed by atoms with van der Waals surface area (Å²) in [6, 6.07) is 0.776. The van der Waals surface area contributed by atoms with Crippen LogP contribution >= 0.6 is 0 Å². The van der Waals surface area contributed by atoms with Gasteiger partial charge in [-0.3, -0.25) is 4.90 Å². The van der Waals surface area contributed by atoms with E-state index in [4.69, 9.17) is 0 Å². The molecule has 0 spiro atoms. The zero-order valence-electron chi connectivity index (χ0n) is 19.0. The third kappa shape index (κ3) is 2.66. The summed E-state index contributed by atoms with van der Waals surface area (Å²) in [5.74, 6) is 3.55. The first-order valence-corrected chi connectivity index (χ1v) is 13.2. The summed E-state index contributed by atoms with van der Waals surface area (Å²) in [6.07, 6.45) is 10.2. The van der Waals surface area contributed by atoms with Crippen LogP contribution in [0.25, 0.3) is 0 Å². The Hall–Kier alpha value is -0.160. The van der Waals surface area contributed by atoms with Crippen LogP contribution in [0.5, 0.6) is 0 Å². The maximum Gasteiger partial charge on any atom is 0.0711 e. The maximum absolute atomic E-state index is 12.2. The van der Waals surface area contributed by atoms with E-state index < -0.39 is 5.60 Å². The van der Waals surface area contributed by atoms with Crippen molar-refractivity contribution >= 4 is 0 Å². The quantitative estimate of drug-likeness (QED) is 0.565. The molecule has 0 amide bonds. The van der Waals surface area contributed by atoms with Crippen molar-refractivity contribution in [1.29, 1.82) is 0 Å². The second kappa shape index (κ2) is 6.92. The first-order valence-electron chi connectivity index (χ1n) is 13.2. The zero-order valence-corrected chi connectivity index (χ0v) is 19.0. The Morgan fingerprint density at radius 1 is 0.833 bits per heavy atom. The van der Waals surface area contributed by atoms with Crippen molar-refractivity contribution in [3.05, 3.63) is 0 Å². The van der Waals surface area contributed by atoms with E-state index in [0.717, 1.165) is 56.4 Å². The average molecular weight is 418 g/mol. The summed E-state index contributed by atoms with van der Waals surface area (Å²) in [5.41, 5.74) is -0.489. The van der Waals surface area contributed by atoms with Crippen LogP contribution in [0.2, 0.25) is 0 Å². The highest BCUT2D eigenvalue weighted by molar-refractivity contribution is 5.17. The van der Waals surface area contributed by atoms with E-state index in [2.05, 4.69) is 18.7 Å². The van der Waals surface area contributed by atoms with Crippen molar-refractivity contribution in [3.8, 4) is 0 Å². The molecule has 6 aliphatic rings. The van der Waals surface area contributed by atoms with Gasteiger partial charge in [-0.1, -0.05) is 20.3 Å². The molecule has 3 N–H and O–H groups in total. The molecule has 0 aromatic heterocycles. The van der Waals surface area contributed by atoms with Crippen molar-refractivity contribution in [2.45, 2.75) is 102 Å². The zero-order chi connectivity index (χ0) is 20.8. The van der Waals surface area contributed by atoms with E-state index in [1.54, 1.807) is 0 Å². The lowest BCUT2D eigenvalue weighted by Crippen LogP contribution is -2.61. The molecule has 4 saturated carbocycles. The van der Waals surface area contributed by atoms with Gasteiger partial charge in [0, 0.05) is 12.6 Å². The summed E-state index contributed by atoms with van der Waals surface area (Å²) >= 11 is 0. The van der Waals surface area contributed by atoms with E-state index in [1.165, 1.54) is 38.8 Å². The molecule has 2 heterocycles. The van der Waals surface area contributed by atoms with Crippen LogP contribution < -0.4 is 0 Å². The van der Waals surface area contributed by atoms with Crippen molar-refractivity contribution < 1.29 is 15.3 Å². The van der Waals surface area contributed by atoms with Crippen molar-refractivity contribution in [3.63, 3.8) is 0 Å². The molecule has 4 nitrogen and oxygen atoms in total. The Kier molecular flexibility index (Phi) is 4.72. The van der Waals surface area contributed by atoms with Gasteiger partial charge < -0.3 is 15.3 Å². The second-order valence-electron chi connectivity index (χ2n) is 12.7. The number of piperidine rings is 2. The number of fused-ring (bicyclic) bond motifs is 8. The molecule has 4 heteroatoms. The molecule has 0 aromatic carbocycles. The molecule has 6 fully saturated rings. The largest absolute Gasteiger partial charge is 0.393 e. The van der Waals surface area contributed by atoms with E-state index in [0.29, 0.717) is 17.8 Å². The highest BCUT2D eigenvalue weighted by Gasteiger charge is 2.67. The minimum absolute atomic E-state index is 0.0814. The van der Waals surface area contributed by atoms with Crippen LogP contribution in [0.1, 0.15) is 78.1 Å². The lowest BCUT2D eigenvalue weighted by Gasteiger charge is -2.58. The highest BCUT2D eigenvalue weighted by Crippen LogP contribution is 2.68. The van der Waals surface area contributed by atoms with Crippen LogP contribution in [0.3, 0.4) is 0 Å². The van der Waals surface area contributed by atoms with E-state index in [9.17, 15) is 15.3 Å². The first kappa shape index (κ1) is 20.4. The predicted octanol–water partition coefficient (Wildman–Crippen LogP) is 3.43. The van der Waals surface area contributed by atoms with Crippen LogP contribution in [-0.2, 0) is 0 Å². The van der Waals surface area contributed by atoms with Crippen LogP contribution in [0.15, 0.2) is 0 Å². The summed E-state index contributed by atoms with van der Waals surface area (Å²) in [5, 5.41) is 33.7. The molecule has 2 saturated heterocycles. The Balaban J connectivity index is 1.32. The third-order valence-corrected chi connectivity index (χ3v) is 11.8. The Bertz CT molecular complexity index is 685. The summed E-state index contributed by atoms with van der Waals surface area (Å²) < 4.78 is 0. The fraction of sp³-hybridized carbons (Fsp3) is 1.00. The topological polar surface area (TPSA) is 63.9 Å². The first-order chi connectivity index (χ1) is 14.3. The van der Waals surface area contributed by atoms with Gasteiger partial charge in [0.2, 0.25) is 0 Å². The fourth-order valence-electron chi connectivity index (χ4n) is 10.3. The fourth-order valence-corrected chi connectivity index (χ4v) is 10.3. The number of aliphatic hydroxyl groups excluding tert-OH is 2. The SMILES string of the molecule is C[C@@H]1[C@H]2CC[C@@]3(O)[C@@H]4C[C@H](O)[C@H]5C[C@@H](O)CC[C@]5(C)[C@H]4C[C@H]3[C@@H]2CN2CCCC[C@@H]12. The van der Waals surface area contributed by atoms with Gasteiger partial charge in [0.1, 0.15) is 0 Å². The maximum atomic E-state index is 12.2. The minimum Gasteiger partial charge on any atom is -0.393 e. The van der Waals surface area contributed by atoms with E-state index in [-0.39, 0.29) is 29.5 Å². The third-order valence-electron chi connectivity index (χ3n) is 11.8. The molecular formula is C26H43NO3. The summed E-state index contributed by atoms with van der Waals surface area (Å²) in [4.78, 5) is 2.79. The number of aliphatic hydroxyl groups is 3. The lowest BCUT2D eigenvalue weighted by atomic mass is 9.50. The van der Waals surface area contributed by atoms with Gasteiger partial charge in [-0.25, -0.2) is 0 Å².